The molecule has 2 rings (SSSR count). The smallest absolute Gasteiger partial charge is 0.142 e. The SMILES string of the molecule is COc1cccnc1C(N)c1snnc1C. The van der Waals surface area contributed by atoms with Crippen LogP contribution in [0.1, 0.15) is 22.3 Å². The van der Waals surface area contributed by atoms with E-state index in [1.165, 1.54) is 11.5 Å². The van der Waals surface area contributed by atoms with Crippen molar-refractivity contribution in [3.63, 3.8) is 0 Å². The van der Waals surface area contributed by atoms with E-state index in [2.05, 4.69) is 14.6 Å². The molecule has 2 aromatic rings. The normalized spacial score (nSPS) is 12.4. The zero-order chi connectivity index (χ0) is 11.5. The zero-order valence-electron chi connectivity index (χ0n) is 9.04. The summed E-state index contributed by atoms with van der Waals surface area (Å²) in [4.78, 5) is 5.16. The van der Waals surface area contributed by atoms with Crippen LogP contribution in [0.2, 0.25) is 0 Å². The number of hydrogen-bond donors (Lipinski definition) is 1. The molecule has 0 spiro atoms. The first-order valence-electron chi connectivity index (χ1n) is 4.77. The van der Waals surface area contributed by atoms with Crippen molar-refractivity contribution >= 4 is 11.5 Å². The maximum absolute atomic E-state index is 6.13. The predicted molar refractivity (Wildman–Crippen MR) is 61.5 cm³/mol. The second kappa shape index (κ2) is 4.54. The van der Waals surface area contributed by atoms with Crippen molar-refractivity contribution in [3.8, 4) is 5.75 Å². The van der Waals surface area contributed by atoms with Crippen molar-refractivity contribution in [3.05, 3.63) is 34.6 Å². The third kappa shape index (κ3) is 1.89. The number of aromatic nitrogens is 3. The average Bonchev–Trinajstić information content (AvgIpc) is 2.74. The van der Waals surface area contributed by atoms with Crippen molar-refractivity contribution in [2.24, 2.45) is 5.73 Å². The number of nitrogens with two attached hydrogens (primary N) is 1. The van der Waals surface area contributed by atoms with E-state index in [0.717, 1.165) is 10.6 Å². The Bertz CT molecular complexity index is 485. The Morgan fingerprint density at radius 1 is 1.50 bits per heavy atom. The van der Waals surface area contributed by atoms with Gasteiger partial charge in [0.1, 0.15) is 11.4 Å². The van der Waals surface area contributed by atoms with Crippen molar-refractivity contribution in [1.29, 1.82) is 0 Å². The Hall–Kier alpha value is -1.53. The number of aryl methyl sites for hydroxylation is 1. The van der Waals surface area contributed by atoms with E-state index in [-0.39, 0.29) is 6.04 Å². The fourth-order valence-electron chi connectivity index (χ4n) is 1.46. The molecule has 0 aromatic carbocycles. The molecule has 2 N–H and O–H groups in total. The molecular formula is C10H12N4OS. The van der Waals surface area contributed by atoms with Crippen LogP contribution in [0.3, 0.4) is 0 Å². The molecule has 0 saturated carbocycles. The monoisotopic (exact) mass is 236 g/mol. The van der Waals surface area contributed by atoms with Gasteiger partial charge in [-0.3, -0.25) is 4.98 Å². The minimum Gasteiger partial charge on any atom is -0.495 e. The molecule has 0 bridgehead atoms. The molecule has 0 saturated heterocycles. The molecule has 16 heavy (non-hydrogen) atoms. The van der Waals surface area contributed by atoms with Crippen LogP contribution in [0.5, 0.6) is 5.75 Å². The van der Waals surface area contributed by atoms with E-state index < -0.39 is 0 Å². The third-order valence-electron chi connectivity index (χ3n) is 2.28. The summed E-state index contributed by atoms with van der Waals surface area (Å²) in [7, 11) is 1.60. The molecule has 84 valence electrons. The Morgan fingerprint density at radius 3 is 2.94 bits per heavy atom. The molecule has 2 aromatic heterocycles. The largest absolute Gasteiger partial charge is 0.495 e. The van der Waals surface area contributed by atoms with Crippen LogP contribution in [0.25, 0.3) is 0 Å². The van der Waals surface area contributed by atoms with Gasteiger partial charge in [-0.15, -0.1) is 5.10 Å². The standard InChI is InChI=1S/C10H12N4OS/c1-6-10(16-14-13-6)8(11)9-7(15-2)4-3-5-12-9/h3-5,8H,11H2,1-2H3. The van der Waals surface area contributed by atoms with Crippen LogP contribution < -0.4 is 10.5 Å². The van der Waals surface area contributed by atoms with E-state index >= 15 is 0 Å². The van der Waals surface area contributed by atoms with E-state index in [9.17, 15) is 0 Å². The fourth-order valence-corrected chi connectivity index (χ4v) is 2.11. The van der Waals surface area contributed by atoms with Crippen molar-refractivity contribution in [2.75, 3.05) is 7.11 Å². The summed E-state index contributed by atoms with van der Waals surface area (Å²) in [6, 6.07) is 3.31. The number of rotatable bonds is 3. The lowest BCUT2D eigenvalue weighted by Crippen LogP contribution is -2.14. The quantitative estimate of drug-likeness (QED) is 0.869. The Kier molecular flexibility index (Phi) is 3.12. The molecule has 6 heteroatoms. The zero-order valence-corrected chi connectivity index (χ0v) is 9.86. The first-order chi connectivity index (χ1) is 7.74. The maximum atomic E-state index is 6.13. The molecule has 1 atom stereocenters. The van der Waals surface area contributed by atoms with E-state index in [4.69, 9.17) is 10.5 Å². The number of hydrogen-bond acceptors (Lipinski definition) is 6. The molecule has 0 aliphatic heterocycles. The Balaban J connectivity index is 2.41. The summed E-state index contributed by atoms with van der Waals surface area (Å²) < 4.78 is 9.09. The highest BCUT2D eigenvalue weighted by Crippen LogP contribution is 2.28. The van der Waals surface area contributed by atoms with Crippen LogP contribution in [-0.2, 0) is 0 Å². The number of ether oxygens (including phenoxy) is 1. The van der Waals surface area contributed by atoms with Crippen LogP contribution in [0, 0.1) is 6.92 Å². The van der Waals surface area contributed by atoms with Crippen LogP contribution in [-0.4, -0.2) is 21.7 Å². The van der Waals surface area contributed by atoms with Gasteiger partial charge in [0, 0.05) is 6.20 Å². The number of methoxy groups -OCH3 is 1. The van der Waals surface area contributed by atoms with E-state index in [0.29, 0.717) is 11.4 Å². The fraction of sp³-hybridized carbons (Fsp3) is 0.300. The second-order valence-electron chi connectivity index (χ2n) is 3.29. The summed E-state index contributed by atoms with van der Waals surface area (Å²) in [6.07, 6.45) is 1.70. The van der Waals surface area contributed by atoms with Gasteiger partial charge in [-0.2, -0.15) is 0 Å². The van der Waals surface area contributed by atoms with Crippen LogP contribution >= 0.6 is 11.5 Å². The predicted octanol–water partition coefficient (Wildman–Crippen LogP) is 1.30. The van der Waals surface area contributed by atoms with Gasteiger partial charge in [0.2, 0.25) is 0 Å². The van der Waals surface area contributed by atoms with Crippen molar-refractivity contribution in [1.82, 2.24) is 14.6 Å². The van der Waals surface area contributed by atoms with E-state index in [1.807, 2.05) is 19.1 Å². The second-order valence-corrected chi connectivity index (χ2v) is 4.08. The van der Waals surface area contributed by atoms with Gasteiger partial charge in [-0.05, 0) is 30.6 Å². The van der Waals surface area contributed by atoms with Crippen LogP contribution in [0.15, 0.2) is 18.3 Å². The highest BCUT2D eigenvalue weighted by Gasteiger charge is 2.19. The lowest BCUT2D eigenvalue weighted by Gasteiger charge is -2.12. The summed E-state index contributed by atoms with van der Waals surface area (Å²) >= 11 is 1.29. The first kappa shape index (κ1) is 11.0. The first-order valence-corrected chi connectivity index (χ1v) is 5.54. The highest BCUT2D eigenvalue weighted by atomic mass is 32.1. The summed E-state index contributed by atoms with van der Waals surface area (Å²) in [5, 5.41) is 3.94. The highest BCUT2D eigenvalue weighted by molar-refractivity contribution is 7.05. The minimum absolute atomic E-state index is 0.337. The maximum Gasteiger partial charge on any atom is 0.142 e. The van der Waals surface area contributed by atoms with Gasteiger partial charge in [0.05, 0.1) is 23.7 Å². The summed E-state index contributed by atoms with van der Waals surface area (Å²) in [6.45, 7) is 1.88. The topological polar surface area (TPSA) is 73.9 Å². The minimum atomic E-state index is -0.337. The van der Waals surface area contributed by atoms with E-state index in [1.54, 1.807) is 13.3 Å². The molecule has 2 heterocycles. The van der Waals surface area contributed by atoms with Gasteiger partial charge in [-0.25, -0.2) is 0 Å². The van der Waals surface area contributed by atoms with Crippen LogP contribution in [0.4, 0.5) is 0 Å². The summed E-state index contributed by atoms with van der Waals surface area (Å²) in [5.74, 6) is 0.683. The molecule has 5 nitrogen and oxygen atoms in total. The molecule has 0 aliphatic carbocycles. The molecule has 0 radical (unpaired) electrons. The lowest BCUT2D eigenvalue weighted by atomic mass is 10.1. The van der Waals surface area contributed by atoms with Gasteiger partial charge >= 0.3 is 0 Å². The number of nitrogens with zero attached hydrogens (tertiary/aromatic N) is 3. The Morgan fingerprint density at radius 2 is 2.31 bits per heavy atom. The molecular weight excluding hydrogens is 224 g/mol. The van der Waals surface area contributed by atoms with Gasteiger partial charge in [-0.1, -0.05) is 4.49 Å². The molecule has 0 aliphatic rings. The van der Waals surface area contributed by atoms with Gasteiger partial charge in [0.15, 0.2) is 0 Å². The molecule has 0 amide bonds. The summed E-state index contributed by atoms with van der Waals surface area (Å²) in [5.41, 5.74) is 7.67. The number of pyridine rings is 1. The third-order valence-corrected chi connectivity index (χ3v) is 3.19. The Labute approximate surface area is 97.4 Å². The van der Waals surface area contributed by atoms with Crippen molar-refractivity contribution < 1.29 is 4.74 Å². The average molecular weight is 236 g/mol. The molecule has 0 fully saturated rings. The van der Waals surface area contributed by atoms with Crippen molar-refractivity contribution in [2.45, 2.75) is 13.0 Å². The lowest BCUT2D eigenvalue weighted by molar-refractivity contribution is 0.405. The van der Waals surface area contributed by atoms with Gasteiger partial charge < -0.3 is 10.5 Å². The van der Waals surface area contributed by atoms with Gasteiger partial charge in [0.25, 0.3) is 0 Å². The molecule has 1 unspecified atom stereocenters.